The summed E-state index contributed by atoms with van der Waals surface area (Å²) in [4.78, 5) is 0. The lowest BCUT2D eigenvalue weighted by Crippen LogP contribution is -1.93. The van der Waals surface area contributed by atoms with E-state index in [1.807, 2.05) is 0 Å². The average molecular weight is 340 g/mol. The normalized spacial score (nSPS) is 10.6. The average Bonchev–Trinajstić information content (AvgIpc) is 2.65. The van der Waals surface area contributed by atoms with Gasteiger partial charge in [0, 0.05) is 11.1 Å². The van der Waals surface area contributed by atoms with E-state index in [2.05, 4.69) is 12.1 Å². The Kier molecular flexibility index (Phi) is 3.60. The molecule has 26 heavy (non-hydrogen) atoms. The van der Waals surface area contributed by atoms with Gasteiger partial charge in [-0.2, -0.15) is 10.5 Å². The van der Waals surface area contributed by atoms with Crippen molar-refractivity contribution in [3.05, 3.63) is 83.4 Å². The van der Waals surface area contributed by atoms with Crippen molar-refractivity contribution in [1.29, 1.82) is 10.5 Å². The summed E-state index contributed by atoms with van der Waals surface area (Å²) in [5.41, 5.74) is 1.85. The molecule has 0 aliphatic carbocycles. The van der Waals surface area contributed by atoms with Gasteiger partial charge in [-0.05, 0) is 57.9 Å². The first-order valence-electron chi connectivity index (χ1n) is 7.87. The molecule has 0 fully saturated rings. The summed E-state index contributed by atoms with van der Waals surface area (Å²) in [5, 5.41) is 21.8. The number of nitrogens with zero attached hydrogens (tertiary/aromatic N) is 2. The van der Waals surface area contributed by atoms with Gasteiger partial charge < -0.3 is 0 Å². The maximum Gasteiger partial charge on any atom is 0.123 e. The van der Waals surface area contributed by atoms with E-state index >= 15 is 0 Å². The molecule has 0 N–H and O–H groups in total. The lowest BCUT2D eigenvalue weighted by Gasteiger charge is -2.14. The fourth-order valence-corrected chi connectivity index (χ4v) is 3.33. The Hall–Kier alpha value is -3.76. The van der Waals surface area contributed by atoms with Crippen LogP contribution in [-0.4, -0.2) is 0 Å². The van der Waals surface area contributed by atoms with Gasteiger partial charge in [0.15, 0.2) is 0 Å². The lowest BCUT2D eigenvalue weighted by atomic mass is 9.87. The molecule has 0 aliphatic rings. The Labute approximate surface area is 148 Å². The van der Waals surface area contributed by atoms with Crippen molar-refractivity contribution in [2.45, 2.75) is 0 Å². The van der Waals surface area contributed by atoms with Gasteiger partial charge in [0.1, 0.15) is 11.6 Å². The third kappa shape index (κ3) is 2.37. The van der Waals surface area contributed by atoms with Crippen molar-refractivity contribution < 1.29 is 8.78 Å². The second-order valence-corrected chi connectivity index (χ2v) is 5.93. The van der Waals surface area contributed by atoms with Crippen LogP contribution < -0.4 is 0 Å². The van der Waals surface area contributed by atoms with E-state index in [9.17, 15) is 19.3 Å². The third-order valence-electron chi connectivity index (χ3n) is 4.45. The highest BCUT2D eigenvalue weighted by atomic mass is 19.1. The Morgan fingerprint density at radius 2 is 1.00 bits per heavy atom. The second-order valence-electron chi connectivity index (χ2n) is 5.93. The summed E-state index contributed by atoms with van der Waals surface area (Å²) in [6.07, 6.45) is 0. The fraction of sp³-hybridized carbons (Fsp3) is 0. The van der Waals surface area contributed by atoms with Crippen LogP contribution in [0.4, 0.5) is 8.78 Å². The molecule has 2 nitrogen and oxygen atoms in total. The summed E-state index contributed by atoms with van der Waals surface area (Å²) in [7, 11) is 0. The molecule has 0 atom stereocenters. The molecule has 0 spiro atoms. The van der Waals surface area contributed by atoms with E-state index in [1.54, 1.807) is 36.4 Å². The fourth-order valence-electron chi connectivity index (χ4n) is 3.33. The minimum Gasteiger partial charge on any atom is -0.207 e. The van der Waals surface area contributed by atoms with Crippen LogP contribution in [-0.2, 0) is 0 Å². The molecule has 122 valence electrons. The van der Waals surface area contributed by atoms with Gasteiger partial charge >= 0.3 is 0 Å². The molecule has 0 aromatic heterocycles. The van der Waals surface area contributed by atoms with Crippen LogP contribution in [0.25, 0.3) is 32.7 Å². The summed E-state index contributed by atoms with van der Waals surface area (Å²) < 4.78 is 27.3. The van der Waals surface area contributed by atoms with Gasteiger partial charge in [0.2, 0.25) is 0 Å². The topological polar surface area (TPSA) is 47.6 Å². The zero-order valence-electron chi connectivity index (χ0n) is 13.4. The van der Waals surface area contributed by atoms with Crippen molar-refractivity contribution in [2.24, 2.45) is 0 Å². The minimum atomic E-state index is -0.381. The molecule has 4 aromatic rings. The maximum atomic E-state index is 13.6. The van der Waals surface area contributed by atoms with Gasteiger partial charge in [-0.3, -0.25) is 0 Å². The molecule has 4 aromatic carbocycles. The smallest absolute Gasteiger partial charge is 0.123 e. The monoisotopic (exact) mass is 340 g/mol. The van der Waals surface area contributed by atoms with Crippen LogP contribution in [0.1, 0.15) is 11.1 Å². The van der Waals surface area contributed by atoms with Crippen LogP contribution in [0.2, 0.25) is 0 Å². The van der Waals surface area contributed by atoms with Crippen molar-refractivity contribution in [2.75, 3.05) is 0 Å². The number of fused-ring (bicyclic) bond motifs is 2. The SMILES string of the molecule is N#Cc1ccc2cc(F)ccc2c1-c1c(C#N)ccc2cc(F)ccc12. The third-order valence-corrected chi connectivity index (χ3v) is 4.45. The molecule has 0 saturated heterocycles. The van der Waals surface area contributed by atoms with Crippen LogP contribution in [0.3, 0.4) is 0 Å². The lowest BCUT2D eigenvalue weighted by molar-refractivity contribution is 0.629. The molecule has 0 heterocycles. The summed E-state index contributed by atoms with van der Waals surface area (Å²) in [6.45, 7) is 0. The van der Waals surface area contributed by atoms with Crippen LogP contribution in [0.5, 0.6) is 0 Å². The minimum absolute atomic E-state index is 0.373. The van der Waals surface area contributed by atoms with Crippen molar-refractivity contribution >= 4 is 21.5 Å². The molecule has 0 amide bonds. The predicted molar refractivity (Wildman–Crippen MR) is 96.2 cm³/mol. The molecule has 4 heteroatoms. The highest BCUT2D eigenvalue weighted by Crippen LogP contribution is 2.39. The van der Waals surface area contributed by atoms with Gasteiger partial charge in [-0.15, -0.1) is 0 Å². The number of rotatable bonds is 1. The largest absolute Gasteiger partial charge is 0.207 e. The Morgan fingerprint density at radius 3 is 1.38 bits per heavy atom. The molecule has 0 unspecified atom stereocenters. The molecule has 0 aliphatic heterocycles. The van der Waals surface area contributed by atoms with Crippen molar-refractivity contribution in [3.8, 4) is 23.3 Å². The van der Waals surface area contributed by atoms with E-state index in [0.717, 1.165) is 0 Å². The van der Waals surface area contributed by atoms with Crippen molar-refractivity contribution in [1.82, 2.24) is 0 Å². The second kappa shape index (κ2) is 5.95. The van der Waals surface area contributed by atoms with E-state index in [4.69, 9.17) is 0 Å². The first kappa shape index (κ1) is 15.7. The highest BCUT2D eigenvalue weighted by molar-refractivity contribution is 6.09. The standard InChI is InChI=1S/C22H10F2N2/c23-17-5-7-19-13(9-17)1-3-15(11-25)21(19)22-16(12-26)4-2-14-10-18(24)6-8-20(14)22/h1-10H. The first-order valence-corrected chi connectivity index (χ1v) is 7.87. The highest BCUT2D eigenvalue weighted by Gasteiger charge is 2.17. The Morgan fingerprint density at radius 1 is 0.577 bits per heavy atom. The molecule has 0 bridgehead atoms. The summed E-state index contributed by atoms with van der Waals surface area (Å²) >= 11 is 0. The maximum absolute atomic E-state index is 13.6. The Bertz CT molecular complexity index is 1180. The van der Waals surface area contributed by atoms with Crippen LogP contribution >= 0.6 is 0 Å². The Balaban J connectivity index is 2.24. The first-order chi connectivity index (χ1) is 12.6. The number of nitriles is 2. The predicted octanol–water partition coefficient (Wildman–Crippen LogP) is 5.68. The molecule has 0 radical (unpaired) electrons. The molecule has 4 rings (SSSR count). The molecule has 0 saturated carbocycles. The van der Waals surface area contributed by atoms with Crippen LogP contribution in [0, 0.1) is 34.3 Å². The van der Waals surface area contributed by atoms with Gasteiger partial charge in [0.05, 0.1) is 23.3 Å². The van der Waals surface area contributed by atoms with E-state index < -0.39 is 0 Å². The van der Waals surface area contributed by atoms with E-state index in [-0.39, 0.29) is 11.6 Å². The quantitative estimate of drug-likeness (QED) is 0.447. The molecular formula is C22H10F2N2. The number of hydrogen-bond donors (Lipinski definition) is 0. The van der Waals surface area contributed by atoms with E-state index in [1.165, 1.54) is 24.3 Å². The van der Waals surface area contributed by atoms with Gasteiger partial charge in [-0.25, -0.2) is 8.78 Å². The van der Waals surface area contributed by atoms with Crippen LogP contribution in [0.15, 0.2) is 60.7 Å². The number of halogens is 2. The number of hydrogen-bond acceptors (Lipinski definition) is 2. The number of benzene rings is 4. The van der Waals surface area contributed by atoms with Crippen molar-refractivity contribution in [3.63, 3.8) is 0 Å². The zero-order valence-corrected chi connectivity index (χ0v) is 13.4. The van der Waals surface area contributed by atoms with E-state index in [0.29, 0.717) is 43.8 Å². The summed E-state index contributed by atoms with van der Waals surface area (Å²) in [6, 6.07) is 19.5. The molecular weight excluding hydrogens is 330 g/mol. The van der Waals surface area contributed by atoms with Gasteiger partial charge in [-0.1, -0.05) is 24.3 Å². The summed E-state index contributed by atoms with van der Waals surface area (Å²) in [5.74, 6) is -0.762. The van der Waals surface area contributed by atoms with Gasteiger partial charge in [0.25, 0.3) is 0 Å². The zero-order chi connectivity index (χ0) is 18.3.